The lowest BCUT2D eigenvalue weighted by Crippen LogP contribution is -2.46. The van der Waals surface area contributed by atoms with Gasteiger partial charge >= 0.3 is 6.03 Å². The molecule has 0 saturated carbocycles. The van der Waals surface area contributed by atoms with E-state index in [1.807, 2.05) is 23.1 Å². The van der Waals surface area contributed by atoms with Crippen LogP contribution >= 0.6 is 0 Å². The van der Waals surface area contributed by atoms with E-state index in [0.29, 0.717) is 18.9 Å². The Bertz CT molecular complexity index is 462. The van der Waals surface area contributed by atoms with Crippen molar-refractivity contribution in [3.63, 3.8) is 0 Å². The van der Waals surface area contributed by atoms with E-state index in [2.05, 4.69) is 24.4 Å². The van der Waals surface area contributed by atoms with E-state index in [4.69, 9.17) is 0 Å². The van der Waals surface area contributed by atoms with Crippen LogP contribution < -0.4 is 5.32 Å². The number of nitrogens with zero attached hydrogens (tertiary/aromatic N) is 1. The Morgan fingerprint density at radius 1 is 1.39 bits per heavy atom. The molecule has 1 aromatic carbocycles. The fourth-order valence-electron chi connectivity index (χ4n) is 3.48. The third kappa shape index (κ3) is 5.54. The van der Waals surface area contributed by atoms with Crippen LogP contribution in [-0.4, -0.2) is 42.3 Å². The summed E-state index contributed by atoms with van der Waals surface area (Å²) in [5.74, 6) is 0.822. The van der Waals surface area contributed by atoms with E-state index < -0.39 is 0 Å². The molecule has 2 atom stereocenters. The molecule has 2 unspecified atom stereocenters. The van der Waals surface area contributed by atoms with Gasteiger partial charge in [0, 0.05) is 32.2 Å². The van der Waals surface area contributed by atoms with Gasteiger partial charge in [-0.1, -0.05) is 43.7 Å². The zero-order chi connectivity index (χ0) is 16.5. The molecule has 2 amide bonds. The zero-order valence-corrected chi connectivity index (χ0v) is 14.2. The number of carbonyl (C=O) groups excluding carboxylic acids is 1. The minimum Gasteiger partial charge on any atom is -0.396 e. The molecule has 1 heterocycles. The van der Waals surface area contributed by atoms with Crippen molar-refractivity contribution in [1.82, 2.24) is 10.2 Å². The summed E-state index contributed by atoms with van der Waals surface area (Å²) in [7, 11) is 0. The van der Waals surface area contributed by atoms with Crippen molar-refractivity contribution < 1.29 is 9.90 Å². The standard InChI is InChI=1S/C19H30N2O2/c1-2-7-16-8-6-12-21(15-16)19(23)20-14-18(11-13-22)17-9-4-3-5-10-17/h3-5,9-10,16,18,22H,2,6-8,11-15H2,1H3,(H,20,23). The second-order valence-corrected chi connectivity index (χ2v) is 6.55. The van der Waals surface area contributed by atoms with Gasteiger partial charge in [0.15, 0.2) is 0 Å². The molecule has 1 fully saturated rings. The minimum absolute atomic E-state index is 0.0460. The first kappa shape index (κ1) is 17.8. The van der Waals surface area contributed by atoms with Crippen LogP contribution in [-0.2, 0) is 0 Å². The lowest BCUT2D eigenvalue weighted by atomic mass is 9.94. The van der Waals surface area contributed by atoms with Crippen LogP contribution in [0.4, 0.5) is 4.79 Å². The summed E-state index contributed by atoms with van der Waals surface area (Å²) in [6.45, 7) is 4.67. The predicted molar refractivity (Wildman–Crippen MR) is 93.5 cm³/mol. The molecule has 0 aromatic heterocycles. The monoisotopic (exact) mass is 318 g/mol. The molecule has 2 N–H and O–H groups in total. The van der Waals surface area contributed by atoms with E-state index in [0.717, 1.165) is 19.5 Å². The summed E-state index contributed by atoms with van der Waals surface area (Å²) in [5, 5.41) is 12.4. The highest BCUT2D eigenvalue weighted by Gasteiger charge is 2.23. The van der Waals surface area contributed by atoms with Crippen LogP contribution in [0.25, 0.3) is 0 Å². The Morgan fingerprint density at radius 3 is 2.87 bits per heavy atom. The highest BCUT2D eigenvalue weighted by molar-refractivity contribution is 5.74. The second-order valence-electron chi connectivity index (χ2n) is 6.55. The molecule has 4 heteroatoms. The van der Waals surface area contributed by atoms with Crippen LogP contribution in [0.15, 0.2) is 30.3 Å². The van der Waals surface area contributed by atoms with Crippen LogP contribution in [0.2, 0.25) is 0 Å². The lowest BCUT2D eigenvalue weighted by molar-refractivity contribution is 0.161. The average Bonchev–Trinajstić information content (AvgIpc) is 2.59. The van der Waals surface area contributed by atoms with Crippen molar-refractivity contribution in [1.29, 1.82) is 0 Å². The number of hydrogen-bond donors (Lipinski definition) is 2. The van der Waals surface area contributed by atoms with Crippen molar-refractivity contribution in [2.24, 2.45) is 5.92 Å². The molecule has 1 aliphatic heterocycles. The molecular weight excluding hydrogens is 288 g/mol. The summed E-state index contributed by atoms with van der Waals surface area (Å²) in [4.78, 5) is 14.4. The smallest absolute Gasteiger partial charge is 0.317 e. The van der Waals surface area contributed by atoms with E-state index in [9.17, 15) is 9.90 Å². The topological polar surface area (TPSA) is 52.6 Å². The molecule has 23 heavy (non-hydrogen) atoms. The third-order valence-corrected chi connectivity index (χ3v) is 4.75. The number of rotatable bonds is 7. The first-order chi connectivity index (χ1) is 11.2. The van der Waals surface area contributed by atoms with Gasteiger partial charge in [-0.2, -0.15) is 0 Å². The molecule has 4 nitrogen and oxygen atoms in total. The molecule has 2 rings (SSSR count). The van der Waals surface area contributed by atoms with Crippen LogP contribution in [0.1, 0.15) is 50.5 Å². The Balaban J connectivity index is 1.86. The van der Waals surface area contributed by atoms with Gasteiger partial charge in [0.2, 0.25) is 0 Å². The maximum atomic E-state index is 12.4. The van der Waals surface area contributed by atoms with Gasteiger partial charge in [-0.05, 0) is 37.2 Å². The third-order valence-electron chi connectivity index (χ3n) is 4.75. The number of aliphatic hydroxyl groups excluding tert-OH is 1. The second kappa shape index (κ2) is 9.56. The molecule has 0 radical (unpaired) electrons. The van der Waals surface area contributed by atoms with Crippen molar-refractivity contribution in [3.05, 3.63) is 35.9 Å². The van der Waals surface area contributed by atoms with Crippen molar-refractivity contribution in [2.45, 2.75) is 44.9 Å². The molecular formula is C19H30N2O2. The van der Waals surface area contributed by atoms with Gasteiger partial charge in [0.05, 0.1) is 0 Å². The maximum Gasteiger partial charge on any atom is 0.317 e. The molecule has 128 valence electrons. The SMILES string of the molecule is CCCC1CCCN(C(=O)NCC(CCO)c2ccccc2)C1. The molecule has 0 aliphatic carbocycles. The first-order valence-corrected chi connectivity index (χ1v) is 8.93. The van der Waals surface area contributed by atoms with Gasteiger partial charge in [0.25, 0.3) is 0 Å². The summed E-state index contributed by atoms with van der Waals surface area (Å²) in [6, 6.07) is 10.2. The number of amides is 2. The minimum atomic E-state index is 0.0460. The number of nitrogens with one attached hydrogen (secondary N) is 1. The number of hydrogen-bond acceptors (Lipinski definition) is 2. The number of likely N-dealkylation sites (tertiary alicyclic amines) is 1. The summed E-state index contributed by atoms with van der Waals surface area (Å²) in [6.07, 6.45) is 5.42. The van der Waals surface area contributed by atoms with Gasteiger partial charge in [-0.25, -0.2) is 4.79 Å². The molecule has 0 bridgehead atoms. The first-order valence-electron chi connectivity index (χ1n) is 8.93. The number of piperidine rings is 1. The summed E-state index contributed by atoms with van der Waals surface area (Å²) in [5.41, 5.74) is 1.17. The predicted octanol–water partition coefficient (Wildman–Crippen LogP) is 3.37. The van der Waals surface area contributed by atoms with Crippen molar-refractivity contribution in [2.75, 3.05) is 26.2 Å². The quantitative estimate of drug-likeness (QED) is 0.810. The number of benzene rings is 1. The van der Waals surface area contributed by atoms with Gasteiger partial charge < -0.3 is 15.3 Å². The largest absolute Gasteiger partial charge is 0.396 e. The molecule has 1 aliphatic rings. The highest BCUT2D eigenvalue weighted by Crippen LogP contribution is 2.21. The number of urea groups is 1. The molecule has 1 saturated heterocycles. The Morgan fingerprint density at radius 2 is 2.17 bits per heavy atom. The van der Waals surface area contributed by atoms with Crippen LogP contribution in [0.5, 0.6) is 0 Å². The highest BCUT2D eigenvalue weighted by atomic mass is 16.3. The normalized spacial score (nSPS) is 19.4. The number of carbonyl (C=O) groups is 1. The Kier molecular flexibility index (Phi) is 7.40. The van der Waals surface area contributed by atoms with Crippen LogP contribution in [0, 0.1) is 5.92 Å². The molecule has 1 aromatic rings. The van der Waals surface area contributed by atoms with Crippen LogP contribution in [0.3, 0.4) is 0 Å². The number of aliphatic hydroxyl groups is 1. The Hall–Kier alpha value is -1.55. The fourth-order valence-corrected chi connectivity index (χ4v) is 3.48. The lowest BCUT2D eigenvalue weighted by Gasteiger charge is -2.33. The molecule has 0 spiro atoms. The van der Waals surface area contributed by atoms with Gasteiger partial charge in [-0.15, -0.1) is 0 Å². The van der Waals surface area contributed by atoms with E-state index >= 15 is 0 Å². The van der Waals surface area contributed by atoms with E-state index in [1.54, 1.807) is 0 Å². The van der Waals surface area contributed by atoms with Crippen molar-refractivity contribution >= 4 is 6.03 Å². The average molecular weight is 318 g/mol. The zero-order valence-electron chi connectivity index (χ0n) is 14.2. The Labute approximate surface area is 139 Å². The summed E-state index contributed by atoms with van der Waals surface area (Å²) < 4.78 is 0. The fraction of sp³-hybridized carbons (Fsp3) is 0.632. The maximum absolute atomic E-state index is 12.4. The van der Waals surface area contributed by atoms with Gasteiger partial charge in [0.1, 0.15) is 0 Å². The summed E-state index contributed by atoms with van der Waals surface area (Å²) >= 11 is 0. The van der Waals surface area contributed by atoms with E-state index in [1.165, 1.54) is 24.8 Å². The van der Waals surface area contributed by atoms with Gasteiger partial charge in [-0.3, -0.25) is 0 Å². The van der Waals surface area contributed by atoms with E-state index in [-0.39, 0.29) is 18.6 Å². The van der Waals surface area contributed by atoms with Crippen molar-refractivity contribution in [3.8, 4) is 0 Å².